The Morgan fingerprint density at radius 1 is 1.35 bits per heavy atom. The summed E-state index contributed by atoms with van der Waals surface area (Å²) in [5, 5.41) is 7.40. The van der Waals surface area contributed by atoms with Crippen molar-refractivity contribution < 1.29 is 0 Å². The predicted octanol–water partition coefficient (Wildman–Crippen LogP) is 2.85. The summed E-state index contributed by atoms with van der Waals surface area (Å²) in [6, 6.07) is 6.39. The fraction of sp³-hybridized carbons (Fsp3) is 0.375. The van der Waals surface area contributed by atoms with Gasteiger partial charge in [-0.05, 0) is 25.6 Å². The molecule has 0 spiro atoms. The van der Waals surface area contributed by atoms with Gasteiger partial charge in [-0.2, -0.15) is 5.10 Å². The number of hydrogen-bond donors (Lipinski definition) is 1. The third-order valence-corrected chi connectivity index (χ3v) is 3.71. The molecule has 1 aromatic heterocycles. The van der Waals surface area contributed by atoms with Crippen molar-refractivity contribution in [2.75, 3.05) is 13.6 Å². The summed E-state index contributed by atoms with van der Waals surface area (Å²) >= 11 is 0. The quantitative estimate of drug-likeness (QED) is 0.906. The molecule has 0 aliphatic carbocycles. The first-order valence-corrected chi connectivity index (χ1v) is 7.12. The molecular weight excluding hydrogens is 248 g/mol. The molecule has 1 aliphatic rings. The smallest absolute Gasteiger partial charge is 0.0701 e. The molecule has 0 amide bonds. The molecule has 104 valence electrons. The second-order valence-corrected chi connectivity index (χ2v) is 5.36. The van der Waals surface area contributed by atoms with Crippen molar-refractivity contribution in [2.24, 2.45) is 4.99 Å². The van der Waals surface area contributed by atoms with E-state index in [1.807, 2.05) is 12.4 Å². The molecule has 0 bridgehead atoms. The van der Waals surface area contributed by atoms with Crippen LogP contribution in [-0.4, -0.2) is 34.9 Å². The van der Waals surface area contributed by atoms with Crippen molar-refractivity contribution >= 4 is 6.21 Å². The summed E-state index contributed by atoms with van der Waals surface area (Å²) in [4.78, 5) is 6.70. The molecule has 4 heteroatoms. The zero-order valence-corrected chi connectivity index (χ0v) is 12.1. The fourth-order valence-corrected chi connectivity index (χ4v) is 2.77. The molecule has 0 unspecified atom stereocenters. The van der Waals surface area contributed by atoms with Crippen LogP contribution in [0.25, 0.3) is 11.3 Å². The highest BCUT2D eigenvalue weighted by atomic mass is 15.1. The zero-order valence-electron chi connectivity index (χ0n) is 12.1. The number of aromatic amines is 1. The summed E-state index contributed by atoms with van der Waals surface area (Å²) in [5.41, 5.74) is 6.11. The van der Waals surface area contributed by atoms with E-state index >= 15 is 0 Å². The van der Waals surface area contributed by atoms with E-state index < -0.39 is 0 Å². The van der Waals surface area contributed by atoms with Gasteiger partial charge in [0.2, 0.25) is 0 Å². The van der Waals surface area contributed by atoms with E-state index in [1.165, 1.54) is 22.3 Å². The van der Waals surface area contributed by atoms with Crippen LogP contribution < -0.4 is 0 Å². The molecule has 0 saturated carbocycles. The Hall–Kier alpha value is -1.94. The van der Waals surface area contributed by atoms with Crippen LogP contribution in [0, 0.1) is 0 Å². The van der Waals surface area contributed by atoms with Gasteiger partial charge in [-0.1, -0.05) is 25.1 Å². The maximum absolute atomic E-state index is 4.37. The van der Waals surface area contributed by atoms with Crippen molar-refractivity contribution in [1.29, 1.82) is 0 Å². The minimum Gasteiger partial charge on any atom is -0.302 e. The summed E-state index contributed by atoms with van der Waals surface area (Å²) in [5.74, 6) is 0. The van der Waals surface area contributed by atoms with Crippen LogP contribution in [0.3, 0.4) is 0 Å². The number of nitrogens with one attached hydrogen (secondary N) is 1. The van der Waals surface area contributed by atoms with Crippen LogP contribution in [-0.2, 0) is 13.1 Å². The minimum atomic E-state index is 0.794. The van der Waals surface area contributed by atoms with E-state index in [0.29, 0.717) is 0 Å². The highest BCUT2D eigenvalue weighted by molar-refractivity contribution is 5.93. The first kappa shape index (κ1) is 13.1. The third-order valence-electron chi connectivity index (χ3n) is 3.71. The second-order valence-electron chi connectivity index (χ2n) is 5.36. The van der Waals surface area contributed by atoms with Gasteiger partial charge >= 0.3 is 0 Å². The molecule has 2 heterocycles. The molecule has 1 N–H and O–H groups in total. The fourth-order valence-electron chi connectivity index (χ4n) is 2.77. The normalized spacial score (nSPS) is 13.2. The average Bonchev–Trinajstić information content (AvgIpc) is 3.06. The lowest BCUT2D eigenvalue weighted by atomic mass is 9.99. The Balaban J connectivity index is 1.94. The van der Waals surface area contributed by atoms with Gasteiger partial charge in [0, 0.05) is 29.4 Å². The molecule has 0 saturated heterocycles. The van der Waals surface area contributed by atoms with Crippen molar-refractivity contribution in [2.45, 2.75) is 26.4 Å². The average molecular weight is 268 g/mol. The van der Waals surface area contributed by atoms with Crippen molar-refractivity contribution in [3.63, 3.8) is 0 Å². The van der Waals surface area contributed by atoms with E-state index in [4.69, 9.17) is 0 Å². The van der Waals surface area contributed by atoms with Crippen LogP contribution in [0.5, 0.6) is 0 Å². The SMILES string of the molecule is CCCN(C)Cc1cn[nH]c1-c1cccc2c1C=NC2. The van der Waals surface area contributed by atoms with Crippen LogP contribution in [0.4, 0.5) is 0 Å². The van der Waals surface area contributed by atoms with Gasteiger partial charge in [-0.3, -0.25) is 10.1 Å². The van der Waals surface area contributed by atoms with Gasteiger partial charge in [0.1, 0.15) is 0 Å². The summed E-state index contributed by atoms with van der Waals surface area (Å²) in [6.07, 6.45) is 5.08. The number of fused-ring (bicyclic) bond motifs is 1. The topological polar surface area (TPSA) is 44.3 Å². The molecule has 1 aromatic carbocycles. The first-order chi connectivity index (χ1) is 9.79. The second kappa shape index (κ2) is 5.59. The highest BCUT2D eigenvalue weighted by Crippen LogP contribution is 2.29. The summed E-state index contributed by atoms with van der Waals surface area (Å²) in [6.45, 7) is 5.01. The van der Waals surface area contributed by atoms with Gasteiger partial charge in [-0.25, -0.2) is 0 Å². The number of rotatable bonds is 5. The maximum atomic E-state index is 4.37. The highest BCUT2D eigenvalue weighted by Gasteiger charge is 2.16. The number of aliphatic imine (C=N–C) groups is 1. The molecule has 0 atom stereocenters. The van der Waals surface area contributed by atoms with Gasteiger partial charge in [0.05, 0.1) is 18.4 Å². The van der Waals surface area contributed by atoms with Gasteiger partial charge in [-0.15, -0.1) is 0 Å². The van der Waals surface area contributed by atoms with E-state index in [0.717, 1.165) is 31.7 Å². The number of hydrogen-bond acceptors (Lipinski definition) is 3. The molecule has 4 nitrogen and oxygen atoms in total. The Bertz CT molecular complexity index is 627. The lowest BCUT2D eigenvalue weighted by Gasteiger charge is -2.16. The number of aromatic nitrogens is 2. The number of nitrogens with zero attached hydrogens (tertiary/aromatic N) is 3. The molecule has 3 rings (SSSR count). The molecular formula is C16H20N4. The predicted molar refractivity (Wildman–Crippen MR) is 81.9 cm³/mol. The lowest BCUT2D eigenvalue weighted by Crippen LogP contribution is -2.18. The molecule has 0 fully saturated rings. The Morgan fingerprint density at radius 2 is 2.25 bits per heavy atom. The van der Waals surface area contributed by atoms with E-state index in [-0.39, 0.29) is 0 Å². The number of H-pyrrole nitrogens is 1. The van der Waals surface area contributed by atoms with Crippen molar-refractivity contribution in [1.82, 2.24) is 15.1 Å². The summed E-state index contributed by atoms with van der Waals surface area (Å²) in [7, 11) is 2.15. The van der Waals surface area contributed by atoms with Gasteiger partial charge < -0.3 is 4.90 Å². The Morgan fingerprint density at radius 3 is 3.10 bits per heavy atom. The Kier molecular flexibility index (Phi) is 3.65. The van der Waals surface area contributed by atoms with Crippen LogP contribution >= 0.6 is 0 Å². The number of benzene rings is 1. The first-order valence-electron chi connectivity index (χ1n) is 7.12. The van der Waals surface area contributed by atoms with Crippen molar-refractivity contribution in [3.8, 4) is 11.3 Å². The van der Waals surface area contributed by atoms with E-state index in [2.05, 4.69) is 52.3 Å². The van der Waals surface area contributed by atoms with E-state index in [1.54, 1.807) is 0 Å². The van der Waals surface area contributed by atoms with Crippen molar-refractivity contribution in [3.05, 3.63) is 41.1 Å². The standard InChI is InChI=1S/C16H20N4/c1-3-7-20(2)11-13-9-18-19-16(13)14-6-4-5-12-8-17-10-15(12)14/h4-6,9-10H,3,7-8,11H2,1-2H3,(H,18,19). The molecule has 20 heavy (non-hydrogen) atoms. The molecule has 2 aromatic rings. The van der Waals surface area contributed by atoms with Crippen LogP contribution in [0.15, 0.2) is 29.4 Å². The Labute approximate surface area is 119 Å². The van der Waals surface area contributed by atoms with Gasteiger partial charge in [0.25, 0.3) is 0 Å². The van der Waals surface area contributed by atoms with E-state index in [9.17, 15) is 0 Å². The lowest BCUT2D eigenvalue weighted by molar-refractivity contribution is 0.328. The molecule has 0 radical (unpaired) electrons. The van der Waals surface area contributed by atoms with Crippen LogP contribution in [0.1, 0.15) is 30.0 Å². The zero-order chi connectivity index (χ0) is 13.9. The monoisotopic (exact) mass is 268 g/mol. The van der Waals surface area contributed by atoms with Crippen LogP contribution in [0.2, 0.25) is 0 Å². The molecule has 1 aliphatic heterocycles. The largest absolute Gasteiger partial charge is 0.302 e. The van der Waals surface area contributed by atoms with Gasteiger partial charge in [0.15, 0.2) is 0 Å². The minimum absolute atomic E-state index is 0.794. The third kappa shape index (κ3) is 2.39. The summed E-state index contributed by atoms with van der Waals surface area (Å²) < 4.78 is 0. The maximum Gasteiger partial charge on any atom is 0.0701 e.